The summed E-state index contributed by atoms with van der Waals surface area (Å²) in [4.78, 5) is 26.9. The van der Waals surface area contributed by atoms with E-state index in [1.165, 1.54) is 16.2 Å². The number of nitrogens with one attached hydrogen (secondary N) is 1. The number of amides is 2. The van der Waals surface area contributed by atoms with Gasteiger partial charge in [0.15, 0.2) is 0 Å². The van der Waals surface area contributed by atoms with Crippen LogP contribution in [0.5, 0.6) is 0 Å². The minimum atomic E-state index is -0.323. The first-order valence-electron chi connectivity index (χ1n) is 7.20. The molecule has 0 spiro atoms. The van der Waals surface area contributed by atoms with Gasteiger partial charge in [0.1, 0.15) is 6.54 Å². The quantitative estimate of drug-likeness (QED) is 0.649. The van der Waals surface area contributed by atoms with Gasteiger partial charge in [0.05, 0.1) is 19.4 Å². The third-order valence-corrected chi connectivity index (χ3v) is 5.28. The lowest BCUT2D eigenvalue weighted by atomic mass is 10.3. The first kappa shape index (κ1) is 19.2. The van der Waals surface area contributed by atoms with Crippen LogP contribution in [0.4, 0.5) is 5.69 Å². The molecule has 24 heavy (non-hydrogen) atoms. The van der Waals surface area contributed by atoms with E-state index in [0.717, 1.165) is 10.2 Å². The Labute approximate surface area is 162 Å². The molecule has 1 heterocycles. The van der Waals surface area contributed by atoms with Crippen LogP contribution in [-0.4, -0.2) is 29.8 Å². The fourth-order valence-corrected chi connectivity index (χ4v) is 3.75. The SMILES string of the molecule is CCCN(CC(=O)Nc1cc(Cl)ccc1Cl)C(=O)c1ccc(Br)s1. The lowest BCUT2D eigenvalue weighted by Gasteiger charge is -2.21. The fourth-order valence-electron chi connectivity index (χ4n) is 2.06. The van der Waals surface area contributed by atoms with E-state index in [0.29, 0.717) is 27.2 Å². The Morgan fingerprint density at radius 3 is 2.62 bits per heavy atom. The molecule has 0 aliphatic rings. The lowest BCUT2D eigenvalue weighted by molar-refractivity contribution is -0.116. The van der Waals surface area contributed by atoms with Crippen LogP contribution in [0.2, 0.25) is 10.0 Å². The molecule has 0 aliphatic carbocycles. The summed E-state index contributed by atoms with van der Waals surface area (Å²) in [5, 5.41) is 3.56. The van der Waals surface area contributed by atoms with E-state index in [4.69, 9.17) is 23.2 Å². The number of anilines is 1. The van der Waals surface area contributed by atoms with Crippen molar-refractivity contribution in [2.75, 3.05) is 18.4 Å². The van der Waals surface area contributed by atoms with E-state index in [-0.39, 0.29) is 18.4 Å². The number of rotatable bonds is 6. The number of hydrogen-bond donors (Lipinski definition) is 1. The van der Waals surface area contributed by atoms with Crippen molar-refractivity contribution in [3.63, 3.8) is 0 Å². The molecular weight excluding hydrogens is 435 g/mol. The van der Waals surface area contributed by atoms with Gasteiger partial charge in [-0.25, -0.2) is 0 Å². The zero-order valence-electron chi connectivity index (χ0n) is 12.8. The zero-order valence-corrected chi connectivity index (χ0v) is 16.7. The summed E-state index contributed by atoms with van der Waals surface area (Å²) in [5.74, 6) is -0.489. The van der Waals surface area contributed by atoms with Crippen LogP contribution in [0.15, 0.2) is 34.1 Å². The third-order valence-electron chi connectivity index (χ3n) is 3.10. The Kier molecular flexibility index (Phi) is 7.10. The number of benzene rings is 1. The summed E-state index contributed by atoms with van der Waals surface area (Å²) in [6, 6.07) is 8.38. The van der Waals surface area contributed by atoms with E-state index in [9.17, 15) is 9.59 Å². The van der Waals surface area contributed by atoms with Gasteiger partial charge in [-0.05, 0) is 52.7 Å². The second-order valence-corrected chi connectivity index (χ2v) is 8.31. The molecule has 2 amide bonds. The van der Waals surface area contributed by atoms with Gasteiger partial charge in [0.2, 0.25) is 5.91 Å². The molecule has 8 heteroatoms. The van der Waals surface area contributed by atoms with Crippen LogP contribution in [0, 0.1) is 0 Å². The minimum absolute atomic E-state index is 0.0506. The maximum atomic E-state index is 12.5. The topological polar surface area (TPSA) is 49.4 Å². The van der Waals surface area contributed by atoms with Crippen LogP contribution in [0.25, 0.3) is 0 Å². The normalized spacial score (nSPS) is 10.5. The van der Waals surface area contributed by atoms with Crippen molar-refractivity contribution in [1.82, 2.24) is 4.90 Å². The molecule has 0 aliphatic heterocycles. The number of halogens is 3. The zero-order chi connectivity index (χ0) is 17.7. The molecule has 0 unspecified atom stereocenters. The Balaban J connectivity index is 2.08. The summed E-state index contributed by atoms with van der Waals surface area (Å²) < 4.78 is 0.873. The molecule has 1 N–H and O–H groups in total. The van der Waals surface area contributed by atoms with Crippen molar-refractivity contribution in [2.24, 2.45) is 0 Å². The maximum Gasteiger partial charge on any atom is 0.264 e. The van der Waals surface area contributed by atoms with Crippen molar-refractivity contribution in [3.05, 3.63) is 49.0 Å². The average Bonchev–Trinajstić information content (AvgIpc) is 2.96. The first-order chi connectivity index (χ1) is 11.4. The van der Waals surface area contributed by atoms with E-state index in [1.54, 1.807) is 24.3 Å². The minimum Gasteiger partial charge on any atom is -0.329 e. The van der Waals surface area contributed by atoms with Gasteiger partial charge in [-0.15, -0.1) is 11.3 Å². The summed E-state index contributed by atoms with van der Waals surface area (Å²) in [6.45, 7) is 2.40. The highest BCUT2D eigenvalue weighted by atomic mass is 79.9. The molecule has 0 bridgehead atoms. The first-order valence-corrected chi connectivity index (χ1v) is 9.56. The molecule has 0 saturated carbocycles. The van der Waals surface area contributed by atoms with Gasteiger partial charge in [-0.1, -0.05) is 30.1 Å². The predicted octanol–water partition coefficient (Wildman–Crippen LogP) is 5.31. The van der Waals surface area contributed by atoms with Gasteiger partial charge in [-0.2, -0.15) is 0 Å². The number of thiophene rings is 1. The molecule has 0 saturated heterocycles. The molecule has 4 nitrogen and oxygen atoms in total. The number of hydrogen-bond acceptors (Lipinski definition) is 3. The summed E-state index contributed by atoms with van der Waals surface area (Å²) >= 11 is 16.6. The Morgan fingerprint density at radius 1 is 1.25 bits per heavy atom. The number of nitrogens with zero attached hydrogens (tertiary/aromatic N) is 1. The molecule has 2 aromatic rings. The second-order valence-electron chi connectivity index (χ2n) is 5.00. The van der Waals surface area contributed by atoms with Gasteiger partial charge >= 0.3 is 0 Å². The Morgan fingerprint density at radius 2 is 2.00 bits per heavy atom. The largest absolute Gasteiger partial charge is 0.329 e. The van der Waals surface area contributed by atoms with Gasteiger partial charge < -0.3 is 10.2 Å². The second kappa shape index (κ2) is 8.85. The van der Waals surface area contributed by atoms with E-state index in [1.807, 2.05) is 13.0 Å². The maximum absolute atomic E-state index is 12.5. The van der Waals surface area contributed by atoms with E-state index < -0.39 is 0 Å². The highest BCUT2D eigenvalue weighted by molar-refractivity contribution is 9.11. The highest BCUT2D eigenvalue weighted by Gasteiger charge is 2.20. The van der Waals surface area contributed by atoms with Crippen LogP contribution in [0.1, 0.15) is 23.0 Å². The Hall–Kier alpha value is -1.08. The summed E-state index contributed by atoms with van der Waals surface area (Å²) in [7, 11) is 0. The van der Waals surface area contributed by atoms with Crippen LogP contribution >= 0.6 is 50.5 Å². The molecule has 2 rings (SSSR count). The van der Waals surface area contributed by atoms with Crippen molar-refractivity contribution in [3.8, 4) is 0 Å². The molecule has 128 valence electrons. The van der Waals surface area contributed by atoms with Crippen LogP contribution in [0.3, 0.4) is 0 Å². The van der Waals surface area contributed by atoms with Crippen molar-refractivity contribution in [2.45, 2.75) is 13.3 Å². The van der Waals surface area contributed by atoms with E-state index in [2.05, 4.69) is 21.2 Å². The van der Waals surface area contributed by atoms with Gasteiger partial charge in [0, 0.05) is 11.6 Å². The Bertz CT molecular complexity index is 751. The fraction of sp³-hybridized carbons (Fsp3) is 0.250. The smallest absolute Gasteiger partial charge is 0.264 e. The molecule has 0 radical (unpaired) electrons. The van der Waals surface area contributed by atoms with E-state index >= 15 is 0 Å². The lowest BCUT2D eigenvalue weighted by Crippen LogP contribution is -2.38. The standard InChI is InChI=1S/C16H15BrCl2N2O2S/c1-2-7-21(16(23)13-5-6-14(17)24-13)9-15(22)20-12-8-10(18)3-4-11(12)19/h3-6,8H,2,7,9H2,1H3,(H,20,22). The molecule has 1 aromatic heterocycles. The molecule has 1 aromatic carbocycles. The average molecular weight is 450 g/mol. The number of carbonyl (C=O) groups excluding carboxylic acids is 2. The highest BCUT2D eigenvalue weighted by Crippen LogP contribution is 2.26. The van der Waals surface area contributed by atoms with Gasteiger partial charge in [0.25, 0.3) is 5.91 Å². The predicted molar refractivity (Wildman–Crippen MR) is 103 cm³/mol. The third kappa shape index (κ3) is 5.21. The molecule has 0 fully saturated rings. The monoisotopic (exact) mass is 448 g/mol. The summed E-state index contributed by atoms with van der Waals surface area (Å²) in [6.07, 6.45) is 0.753. The molecular formula is C16H15BrCl2N2O2S. The van der Waals surface area contributed by atoms with Gasteiger partial charge in [-0.3, -0.25) is 9.59 Å². The van der Waals surface area contributed by atoms with Crippen molar-refractivity contribution >= 4 is 68.0 Å². The number of carbonyl (C=O) groups is 2. The molecule has 0 atom stereocenters. The van der Waals surface area contributed by atoms with Crippen molar-refractivity contribution in [1.29, 1.82) is 0 Å². The van der Waals surface area contributed by atoms with Crippen LogP contribution < -0.4 is 5.32 Å². The summed E-state index contributed by atoms with van der Waals surface area (Å²) in [5.41, 5.74) is 0.428. The van der Waals surface area contributed by atoms with Crippen molar-refractivity contribution < 1.29 is 9.59 Å². The van der Waals surface area contributed by atoms with Crippen LogP contribution in [-0.2, 0) is 4.79 Å².